The molecule has 1 aliphatic heterocycles. The molecule has 0 aromatic heterocycles. The lowest BCUT2D eigenvalue weighted by Gasteiger charge is -2.37. The fourth-order valence-corrected chi connectivity index (χ4v) is 5.67. The van der Waals surface area contributed by atoms with E-state index >= 15 is 0 Å². The molecule has 0 bridgehead atoms. The van der Waals surface area contributed by atoms with Crippen LogP contribution in [-0.2, 0) is 10.2 Å². The topological polar surface area (TPSA) is 78.6 Å². The zero-order valence-electron chi connectivity index (χ0n) is 21.5. The Labute approximate surface area is 212 Å². The summed E-state index contributed by atoms with van der Waals surface area (Å²) in [6, 6.07) is 20.5. The second kappa shape index (κ2) is 14.4. The molecule has 1 saturated heterocycles. The third-order valence-electron chi connectivity index (χ3n) is 7.65. The van der Waals surface area contributed by atoms with Gasteiger partial charge in [0.25, 0.3) is 0 Å². The van der Waals surface area contributed by atoms with Crippen molar-refractivity contribution in [2.24, 2.45) is 11.7 Å². The number of nitrogens with one attached hydrogen (secondary N) is 1. The van der Waals surface area contributed by atoms with Gasteiger partial charge in [-0.05, 0) is 62.9 Å². The first-order valence-corrected chi connectivity index (χ1v) is 13.6. The molecular weight excluding hydrogens is 434 g/mol. The van der Waals surface area contributed by atoms with Gasteiger partial charge in [0.2, 0.25) is 5.91 Å². The fraction of sp³-hybridized carbons (Fsp3) is 0.567. The summed E-state index contributed by atoms with van der Waals surface area (Å²) < 4.78 is 0. The molecule has 1 aliphatic rings. The molecule has 1 amide bonds. The van der Waals surface area contributed by atoms with E-state index < -0.39 is 5.41 Å². The number of benzene rings is 2. The van der Waals surface area contributed by atoms with Crippen molar-refractivity contribution in [3.05, 3.63) is 71.8 Å². The van der Waals surface area contributed by atoms with Crippen molar-refractivity contribution in [3.63, 3.8) is 0 Å². The lowest BCUT2D eigenvalue weighted by Crippen LogP contribution is -2.49. The molecule has 3 rings (SSSR count). The Balaban J connectivity index is 1.47. The molecule has 0 aliphatic carbocycles. The van der Waals surface area contributed by atoms with Crippen molar-refractivity contribution in [1.29, 1.82) is 0 Å². The second-order valence-corrected chi connectivity index (χ2v) is 10.2. The van der Waals surface area contributed by atoms with Gasteiger partial charge in [0, 0.05) is 12.6 Å². The first-order valence-electron chi connectivity index (χ1n) is 13.6. The maximum absolute atomic E-state index is 13.2. The zero-order valence-corrected chi connectivity index (χ0v) is 21.5. The van der Waals surface area contributed by atoms with Gasteiger partial charge in [-0.15, -0.1) is 0 Å². The zero-order chi connectivity index (χ0) is 24.9. The highest BCUT2D eigenvalue weighted by molar-refractivity contribution is 5.91. The highest BCUT2D eigenvalue weighted by atomic mass is 16.3. The third-order valence-corrected chi connectivity index (χ3v) is 7.65. The molecule has 0 unspecified atom stereocenters. The first kappa shape index (κ1) is 27.4. The van der Waals surface area contributed by atoms with Gasteiger partial charge < -0.3 is 21.1 Å². The Hall–Kier alpha value is -2.21. The smallest absolute Gasteiger partial charge is 0.232 e. The number of likely N-dealkylation sites (tertiary alicyclic amines) is 1. The standard InChI is InChI=1S/C30H45N3O2/c1-25(24-34)32-20-13-5-3-2-4-6-14-21-33-22-19-28(23-33)30(29(31)35,26-15-9-7-10-16-26)27-17-11-8-12-18-27/h7-12,15-18,25,28,32,34H,2-6,13-14,19-24H2,1H3,(H2,31,35)/t25-,28-/m1/s1. The van der Waals surface area contributed by atoms with Crippen molar-refractivity contribution in [3.8, 4) is 0 Å². The summed E-state index contributed by atoms with van der Waals surface area (Å²) in [7, 11) is 0. The lowest BCUT2D eigenvalue weighted by atomic mass is 9.64. The van der Waals surface area contributed by atoms with Gasteiger partial charge in [0.1, 0.15) is 5.41 Å². The van der Waals surface area contributed by atoms with E-state index in [9.17, 15) is 4.79 Å². The van der Waals surface area contributed by atoms with Crippen molar-refractivity contribution in [1.82, 2.24) is 10.2 Å². The number of hydrogen-bond acceptors (Lipinski definition) is 4. The minimum atomic E-state index is -0.791. The van der Waals surface area contributed by atoms with Crippen LogP contribution >= 0.6 is 0 Å². The number of carbonyl (C=O) groups is 1. The lowest BCUT2D eigenvalue weighted by molar-refractivity contribution is -0.123. The number of hydrogen-bond donors (Lipinski definition) is 3. The van der Waals surface area contributed by atoms with Gasteiger partial charge in [-0.2, -0.15) is 0 Å². The first-order chi connectivity index (χ1) is 17.1. The Morgan fingerprint density at radius 1 is 0.971 bits per heavy atom. The van der Waals surface area contributed by atoms with Crippen LogP contribution in [-0.4, -0.2) is 54.7 Å². The number of nitrogens with zero attached hydrogens (tertiary/aromatic N) is 1. The van der Waals surface area contributed by atoms with Crippen molar-refractivity contribution >= 4 is 5.91 Å². The van der Waals surface area contributed by atoms with Crippen molar-refractivity contribution in [2.45, 2.75) is 69.7 Å². The highest BCUT2D eigenvalue weighted by Gasteiger charge is 2.49. The van der Waals surface area contributed by atoms with Gasteiger partial charge in [0.15, 0.2) is 0 Å². The van der Waals surface area contributed by atoms with Crippen LogP contribution < -0.4 is 11.1 Å². The number of aliphatic hydroxyl groups excluding tert-OH is 1. The van der Waals surface area contributed by atoms with E-state index in [2.05, 4.69) is 34.5 Å². The molecule has 35 heavy (non-hydrogen) atoms. The monoisotopic (exact) mass is 479 g/mol. The molecular formula is C30H45N3O2. The summed E-state index contributed by atoms with van der Waals surface area (Å²) in [6.07, 6.45) is 9.77. The number of rotatable bonds is 16. The molecule has 0 saturated carbocycles. The quantitative estimate of drug-likeness (QED) is 0.310. The molecule has 1 heterocycles. The number of primary amides is 1. The van der Waals surface area contributed by atoms with E-state index in [1.807, 2.05) is 43.3 Å². The maximum Gasteiger partial charge on any atom is 0.232 e. The molecule has 1 fully saturated rings. The van der Waals surface area contributed by atoms with Crippen LogP contribution in [0.5, 0.6) is 0 Å². The Morgan fingerprint density at radius 2 is 1.51 bits per heavy atom. The van der Waals surface area contributed by atoms with E-state index in [1.165, 1.54) is 44.9 Å². The molecule has 5 heteroatoms. The van der Waals surface area contributed by atoms with E-state index in [4.69, 9.17) is 10.8 Å². The number of unbranched alkanes of at least 4 members (excludes halogenated alkanes) is 6. The predicted molar refractivity (Wildman–Crippen MR) is 144 cm³/mol. The minimum Gasteiger partial charge on any atom is -0.395 e. The normalized spacial score (nSPS) is 17.5. The molecule has 2 aromatic rings. The van der Waals surface area contributed by atoms with E-state index in [-0.39, 0.29) is 24.5 Å². The van der Waals surface area contributed by atoms with Gasteiger partial charge >= 0.3 is 0 Å². The molecule has 192 valence electrons. The van der Waals surface area contributed by atoms with Crippen LogP contribution in [0.4, 0.5) is 0 Å². The van der Waals surface area contributed by atoms with E-state index in [0.717, 1.165) is 43.7 Å². The minimum absolute atomic E-state index is 0.173. The summed E-state index contributed by atoms with van der Waals surface area (Å²) in [6.45, 7) is 6.25. The van der Waals surface area contributed by atoms with E-state index in [0.29, 0.717) is 0 Å². The Bertz CT molecular complexity index is 819. The molecule has 2 aromatic carbocycles. The van der Waals surface area contributed by atoms with Crippen LogP contribution in [0, 0.1) is 5.92 Å². The van der Waals surface area contributed by atoms with Crippen LogP contribution in [0.2, 0.25) is 0 Å². The Kier molecular flexibility index (Phi) is 11.2. The number of aliphatic hydroxyl groups is 1. The maximum atomic E-state index is 13.2. The van der Waals surface area contributed by atoms with Gasteiger partial charge in [-0.25, -0.2) is 0 Å². The predicted octanol–water partition coefficient (Wildman–Crippen LogP) is 4.48. The van der Waals surface area contributed by atoms with Crippen LogP contribution in [0.3, 0.4) is 0 Å². The summed E-state index contributed by atoms with van der Waals surface area (Å²) in [5.74, 6) is -0.0743. The summed E-state index contributed by atoms with van der Waals surface area (Å²) in [5, 5.41) is 12.4. The van der Waals surface area contributed by atoms with Gasteiger partial charge in [0.05, 0.1) is 6.61 Å². The van der Waals surface area contributed by atoms with Gasteiger partial charge in [-0.1, -0.05) is 92.8 Å². The Morgan fingerprint density at radius 3 is 2.06 bits per heavy atom. The molecule has 2 atom stereocenters. The molecule has 5 nitrogen and oxygen atoms in total. The second-order valence-electron chi connectivity index (χ2n) is 10.2. The summed E-state index contributed by atoms with van der Waals surface area (Å²) in [4.78, 5) is 15.7. The number of amides is 1. The molecule has 0 spiro atoms. The summed E-state index contributed by atoms with van der Waals surface area (Å²) in [5.41, 5.74) is 7.43. The van der Waals surface area contributed by atoms with Crippen LogP contribution in [0.15, 0.2) is 60.7 Å². The number of nitrogens with two attached hydrogens (primary N) is 1. The molecule has 4 N–H and O–H groups in total. The third kappa shape index (κ3) is 7.39. The van der Waals surface area contributed by atoms with Gasteiger partial charge in [-0.3, -0.25) is 4.79 Å². The highest BCUT2D eigenvalue weighted by Crippen LogP contribution is 2.43. The largest absolute Gasteiger partial charge is 0.395 e. The fourth-order valence-electron chi connectivity index (χ4n) is 5.67. The SMILES string of the molecule is C[C@H](CO)NCCCCCCCCCN1CC[C@@H](C(C(N)=O)(c2ccccc2)c2ccccc2)C1. The summed E-state index contributed by atoms with van der Waals surface area (Å²) >= 11 is 0. The van der Waals surface area contributed by atoms with E-state index in [1.54, 1.807) is 0 Å². The van der Waals surface area contributed by atoms with Crippen LogP contribution in [0.25, 0.3) is 0 Å². The average Bonchev–Trinajstić information content (AvgIpc) is 3.35. The van der Waals surface area contributed by atoms with Crippen molar-refractivity contribution in [2.75, 3.05) is 32.8 Å². The number of carbonyl (C=O) groups excluding carboxylic acids is 1. The van der Waals surface area contributed by atoms with Crippen LogP contribution in [0.1, 0.15) is 69.4 Å². The van der Waals surface area contributed by atoms with Crippen molar-refractivity contribution < 1.29 is 9.90 Å². The average molecular weight is 480 g/mol. The molecule has 0 radical (unpaired) electrons.